The zero-order valence-corrected chi connectivity index (χ0v) is 18.8. The van der Waals surface area contributed by atoms with Gasteiger partial charge in [0.2, 0.25) is 11.8 Å². The van der Waals surface area contributed by atoms with Gasteiger partial charge in [0.1, 0.15) is 11.5 Å². The number of benzene rings is 2. The summed E-state index contributed by atoms with van der Waals surface area (Å²) in [5, 5.41) is 5.12. The van der Waals surface area contributed by atoms with Gasteiger partial charge < -0.3 is 24.8 Å². The summed E-state index contributed by atoms with van der Waals surface area (Å²) < 4.78 is 15.3. The number of carbonyl (C=O) groups excluding carboxylic acids is 4. The number of hydrogen-bond donors (Lipinski definition) is 2. The van der Waals surface area contributed by atoms with E-state index in [1.807, 2.05) is 31.2 Å². The van der Waals surface area contributed by atoms with E-state index in [1.165, 1.54) is 7.05 Å². The number of rotatable bonds is 7. The molecule has 174 valence electrons. The molecule has 0 aromatic heterocycles. The third-order valence-corrected chi connectivity index (χ3v) is 5.72. The number of esters is 2. The molecule has 2 amide bonds. The van der Waals surface area contributed by atoms with Crippen molar-refractivity contribution in [1.82, 2.24) is 5.32 Å². The molecular formula is C24H26N2O7. The van der Waals surface area contributed by atoms with Gasteiger partial charge in [0, 0.05) is 12.7 Å². The molecule has 0 bridgehead atoms. The maximum Gasteiger partial charge on any atom is 0.310 e. The van der Waals surface area contributed by atoms with Crippen LogP contribution in [0.3, 0.4) is 0 Å². The molecule has 0 aliphatic heterocycles. The van der Waals surface area contributed by atoms with Crippen LogP contribution < -0.4 is 15.4 Å². The van der Waals surface area contributed by atoms with E-state index in [-0.39, 0.29) is 0 Å². The van der Waals surface area contributed by atoms with Crippen molar-refractivity contribution in [1.29, 1.82) is 0 Å². The quantitative estimate of drug-likeness (QED) is 0.616. The second-order valence-electron chi connectivity index (χ2n) is 7.69. The lowest BCUT2D eigenvalue weighted by molar-refractivity contribution is -0.182. The Morgan fingerprint density at radius 1 is 0.697 bits per heavy atom. The molecule has 2 atom stereocenters. The minimum Gasteiger partial charge on any atom is -0.469 e. The van der Waals surface area contributed by atoms with Crippen LogP contribution in [-0.4, -0.2) is 45.0 Å². The van der Waals surface area contributed by atoms with E-state index in [1.54, 1.807) is 24.3 Å². The lowest BCUT2D eigenvalue weighted by Crippen LogP contribution is -2.63. The van der Waals surface area contributed by atoms with E-state index < -0.39 is 47.4 Å². The lowest BCUT2D eigenvalue weighted by Gasteiger charge is -2.46. The van der Waals surface area contributed by atoms with Crippen LogP contribution in [0.25, 0.3) is 0 Å². The van der Waals surface area contributed by atoms with Crippen LogP contribution in [-0.2, 0) is 28.7 Å². The van der Waals surface area contributed by atoms with Crippen molar-refractivity contribution in [3.8, 4) is 11.5 Å². The fourth-order valence-corrected chi connectivity index (χ4v) is 4.00. The van der Waals surface area contributed by atoms with Gasteiger partial charge in [-0.25, -0.2) is 0 Å². The van der Waals surface area contributed by atoms with Gasteiger partial charge in [-0.2, -0.15) is 0 Å². The summed E-state index contributed by atoms with van der Waals surface area (Å²) in [6.45, 7) is 1.98. The first kappa shape index (κ1) is 23.8. The molecule has 2 unspecified atom stereocenters. The smallest absolute Gasteiger partial charge is 0.310 e. The number of hydrogen-bond acceptors (Lipinski definition) is 7. The number of nitrogens with one attached hydrogen (secondary N) is 2. The van der Waals surface area contributed by atoms with Crippen molar-refractivity contribution >= 4 is 29.4 Å². The minimum atomic E-state index is -1.12. The Hall–Kier alpha value is -3.88. The van der Waals surface area contributed by atoms with Gasteiger partial charge in [0.25, 0.3) is 0 Å². The highest BCUT2D eigenvalue weighted by Gasteiger charge is 2.64. The van der Waals surface area contributed by atoms with Gasteiger partial charge in [-0.1, -0.05) is 17.7 Å². The Morgan fingerprint density at radius 2 is 1.15 bits per heavy atom. The first-order valence-electron chi connectivity index (χ1n) is 10.3. The molecule has 9 heteroatoms. The molecule has 33 heavy (non-hydrogen) atoms. The van der Waals surface area contributed by atoms with Crippen molar-refractivity contribution in [2.75, 3.05) is 26.6 Å². The fourth-order valence-electron chi connectivity index (χ4n) is 4.00. The third-order valence-electron chi connectivity index (χ3n) is 5.72. The summed E-state index contributed by atoms with van der Waals surface area (Å²) >= 11 is 0. The Bertz CT molecular complexity index is 1010. The molecule has 2 N–H and O–H groups in total. The average Bonchev–Trinajstić information content (AvgIpc) is 2.80. The van der Waals surface area contributed by atoms with Gasteiger partial charge in [-0.05, 0) is 43.3 Å². The summed E-state index contributed by atoms with van der Waals surface area (Å²) in [6.07, 6.45) is 0. The monoisotopic (exact) mass is 454 g/mol. The Balaban J connectivity index is 1.76. The van der Waals surface area contributed by atoms with E-state index in [0.717, 1.165) is 19.8 Å². The van der Waals surface area contributed by atoms with Crippen LogP contribution >= 0.6 is 0 Å². The highest BCUT2D eigenvalue weighted by Crippen LogP contribution is 2.48. The second-order valence-corrected chi connectivity index (χ2v) is 7.69. The molecule has 0 radical (unpaired) electrons. The van der Waals surface area contributed by atoms with E-state index in [4.69, 9.17) is 14.2 Å². The highest BCUT2D eigenvalue weighted by atomic mass is 16.5. The second kappa shape index (κ2) is 10.2. The van der Waals surface area contributed by atoms with Crippen molar-refractivity contribution in [2.24, 2.45) is 23.7 Å². The van der Waals surface area contributed by atoms with Gasteiger partial charge in [-0.15, -0.1) is 0 Å². The summed E-state index contributed by atoms with van der Waals surface area (Å²) in [5.41, 5.74) is 1.55. The topological polar surface area (TPSA) is 120 Å². The van der Waals surface area contributed by atoms with Crippen LogP contribution in [0.4, 0.5) is 5.69 Å². The maximum absolute atomic E-state index is 13.0. The van der Waals surface area contributed by atoms with E-state index >= 15 is 0 Å². The Labute approximate surface area is 191 Å². The standard InChI is InChI=1S/C24H26N2O7/c1-13-5-9-15(10-6-13)33-16-11-7-14(8-12-16)26-22(28)18-19(23(29)31-3)17(21(27)25-2)20(18)24(30)32-4/h5-12,17-20H,1-4H3,(H,25,27)(H,26,28). The van der Waals surface area contributed by atoms with Crippen molar-refractivity contribution < 1.29 is 33.4 Å². The largest absolute Gasteiger partial charge is 0.469 e. The first-order chi connectivity index (χ1) is 15.8. The minimum absolute atomic E-state index is 0.437. The summed E-state index contributed by atoms with van der Waals surface area (Å²) in [4.78, 5) is 50.0. The SMILES string of the molecule is CNC(=O)C1C(C(=O)OC)C(C(=O)Nc2ccc(Oc3ccc(C)cc3)cc2)C1C(=O)OC. The molecule has 1 fully saturated rings. The molecule has 2 aromatic carbocycles. The summed E-state index contributed by atoms with van der Waals surface area (Å²) in [5.74, 6) is -5.76. The maximum atomic E-state index is 13.0. The van der Waals surface area contributed by atoms with Crippen LogP contribution in [0.5, 0.6) is 11.5 Å². The zero-order valence-electron chi connectivity index (χ0n) is 18.8. The molecule has 9 nitrogen and oxygen atoms in total. The number of carbonyl (C=O) groups is 4. The third kappa shape index (κ3) is 4.97. The van der Waals surface area contributed by atoms with E-state index in [9.17, 15) is 19.2 Å². The highest BCUT2D eigenvalue weighted by molar-refractivity contribution is 6.04. The Kier molecular flexibility index (Phi) is 7.32. The molecular weight excluding hydrogens is 428 g/mol. The number of aryl methyl sites for hydroxylation is 1. The number of anilines is 1. The lowest BCUT2D eigenvalue weighted by atomic mass is 9.55. The number of amides is 2. The summed E-state index contributed by atoms with van der Waals surface area (Å²) in [7, 11) is 3.71. The van der Waals surface area contributed by atoms with Gasteiger partial charge in [-0.3, -0.25) is 19.2 Å². The van der Waals surface area contributed by atoms with Crippen LogP contribution in [0.15, 0.2) is 48.5 Å². The summed E-state index contributed by atoms with van der Waals surface area (Å²) in [6, 6.07) is 14.2. The number of methoxy groups -OCH3 is 2. The molecule has 1 aliphatic carbocycles. The van der Waals surface area contributed by atoms with Crippen LogP contribution in [0.2, 0.25) is 0 Å². The van der Waals surface area contributed by atoms with E-state index in [0.29, 0.717) is 17.2 Å². The van der Waals surface area contributed by atoms with Gasteiger partial charge in [0.05, 0.1) is 37.9 Å². The Morgan fingerprint density at radius 3 is 1.61 bits per heavy atom. The molecule has 0 spiro atoms. The normalized spacial score (nSPS) is 21.2. The predicted molar refractivity (Wildman–Crippen MR) is 118 cm³/mol. The molecule has 3 rings (SSSR count). The van der Waals surface area contributed by atoms with E-state index in [2.05, 4.69) is 10.6 Å². The predicted octanol–water partition coefficient (Wildman–Crippen LogP) is 2.30. The first-order valence-corrected chi connectivity index (χ1v) is 10.3. The van der Waals surface area contributed by atoms with Crippen LogP contribution in [0, 0.1) is 30.6 Å². The molecule has 0 heterocycles. The van der Waals surface area contributed by atoms with Crippen molar-refractivity contribution in [3.63, 3.8) is 0 Å². The zero-order chi connectivity index (χ0) is 24.1. The molecule has 1 aliphatic rings. The van der Waals surface area contributed by atoms with Crippen molar-refractivity contribution in [3.05, 3.63) is 54.1 Å². The van der Waals surface area contributed by atoms with Crippen molar-refractivity contribution in [2.45, 2.75) is 6.92 Å². The average molecular weight is 454 g/mol. The fraction of sp³-hybridized carbons (Fsp3) is 0.333. The van der Waals surface area contributed by atoms with Gasteiger partial charge >= 0.3 is 11.9 Å². The molecule has 2 aromatic rings. The van der Waals surface area contributed by atoms with Gasteiger partial charge in [0.15, 0.2) is 0 Å². The van der Waals surface area contributed by atoms with Crippen LogP contribution in [0.1, 0.15) is 5.56 Å². The number of ether oxygens (including phenoxy) is 3. The molecule has 1 saturated carbocycles. The molecule has 0 saturated heterocycles.